The van der Waals surface area contributed by atoms with Crippen LogP contribution in [0, 0.1) is 13.8 Å². The molecule has 0 saturated heterocycles. The van der Waals surface area contributed by atoms with Gasteiger partial charge in [0.15, 0.2) is 0 Å². The van der Waals surface area contributed by atoms with Gasteiger partial charge in [-0.25, -0.2) is 4.68 Å². The van der Waals surface area contributed by atoms with E-state index >= 15 is 0 Å². The third kappa shape index (κ3) is 1.36. The summed E-state index contributed by atoms with van der Waals surface area (Å²) in [6.45, 7) is 6.09. The smallest absolute Gasteiger partial charge is 0.0814 e. The molecule has 0 saturated carbocycles. The monoisotopic (exact) mass is 213 g/mol. The normalized spacial score (nSPS) is 14.1. The maximum atomic E-state index is 4.64. The minimum absolute atomic E-state index is 0.898. The number of nitrogens with one attached hydrogen (secondary N) is 1. The molecule has 82 valence electrons. The van der Waals surface area contributed by atoms with Crippen LogP contribution >= 0.6 is 0 Å². The van der Waals surface area contributed by atoms with E-state index in [-0.39, 0.29) is 0 Å². The molecule has 0 radical (unpaired) electrons. The van der Waals surface area contributed by atoms with Crippen molar-refractivity contribution in [2.75, 3.05) is 0 Å². The summed E-state index contributed by atoms with van der Waals surface area (Å²) in [5.41, 5.74) is 6.24. The molecule has 2 heterocycles. The first-order valence-electron chi connectivity index (χ1n) is 5.61. The third-order valence-corrected chi connectivity index (χ3v) is 3.20. The standard InChI is InChI=1S/C13H15N3/c1-9-3-5-11(6-4-9)16-10(2)12-7-14-8-13(12)15-16/h3-6,14H,7-8H2,1-2H3. The largest absolute Gasteiger partial charge is 0.307 e. The van der Waals surface area contributed by atoms with Crippen LogP contribution in [0.25, 0.3) is 5.69 Å². The van der Waals surface area contributed by atoms with Gasteiger partial charge in [-0.3, -0.25) is 0 Å². The SMILES string of the molecule is Cc1ccc(-n2nc3c(c2C)CNC3)cc1. The van der Waals surface area contributed by atoms with Gasteiger partial charge in [0.2, 0.25) is 0 Å². The maximum absolute atomic E-state index is 4.64. The molecule has 1 aliphatic heterocycles. The van der Waals surface area contributed by atoms with Gasteiger partial charge in [0.1, 0.15) is 0 Å². The fourth-order valence-corrected chi connectivity index (χ4v) is 2.21. The van der Waals surface area contributed by atoms with Crippen molar-refractivity contribution in [2.24, 2.45) is 0 Å². The fraction of sp³-hybridized carbons (Fsp3) is 0.308. The van der Waals surface area contributed by atoms with Crippen molar-refractivity contribution in [1.82, 2.24) is 15.1 Å². The summed E-state index contributed by atoms with van der Waals surface area (Å²) < 4.78 is 2.05. The topological polar surface area (TPSA) is 29.9 Å². The van der Waals surface area contributed by atoms with Crippen molar-refractivity contribution in [3.8, 4) is 5.69 Å². The van der Waals surface area contributed by atoms with Crippen molar-refractivity contribution in [3.05, 3.63) is 46.8 Å². The average Bonchev–Trinajstić information content (AvgIpc) is 2.84. The van der Waals surface area contributed by atoms with Gasteiger partial charge in [0.05, 0.1) is 11.4 Å². The van der Waals surface area contributed by atoms with Crippen LogP contribution in [0.2, 0.25) is 0 Å². The summed E-state index contributed by atoms with van der Waals surface area (Å²) in [7, 11) is 0. The molecule has 0 fully saturated rings. The van der Waals surface area contributed by atoms with E-state index < -0.39 is 0 Å². The third-order valence-electron chi connectivity index (χ3n) is 3.20. The predicted octanol–water partition coefficient (Wildman–Crippen LogP) is 2.09. The number of rotatable bonds is 1. The van der Waals surface area contributed by atoms with Gasteiger partial charge in [-0.2, -0.15) is 5.10 Å². The molecule has 3 nitrogen and oxygen atoms in total. The molecule has 0 atom stereocenters. The van der Waals surface area contributed by atoms with Gasteiger partial charge in [0, 0.05) is 24.3 Å². The highest BCUT2D eigenvalue weighted by Gasteiger charge is 2.19. The van der Waals surface area contributed by atoms with E-state index in [2.05, 4.69) is 48.5 Å². The lowest BCUT2D eigenvalue weighted by atomic mass is 10.2. The number of aryl methyl sites for hydroxylation is 1. The summed E-state index contributed by atoms with van der Waals surface area (Å²) in [5, 5.41) is 7.96. The van der Waals surface area contributed by atoms with Crippen LogP contribution in [0.15, 0.2) is 24.3 Å². The Morgan fingerprint density at radius 3 is 2.56 bits per heavy atom. The molecule has 1 N–H and O–H groups in total. The lowest BCUT2D eigenvalue weighted by molar-refractivity contribution is 0.711. The molecule has 2 aromatic rings. The van der Waals surface area contributed by atoms with Gasteiger partial charge in [-0.15, -0.1) is 0 Å². The van der Waals surface area contributed by atoms with Crippen LogP contribution in [0.4, 0.5) is 0 Å². The van der Waals surface area contributed by atoms with E-state index in [1.807, 2.05) is 4.68 Å². The number of hydrogen-bond acceptors (Lipinski definition) is 2. The van der Waals surface area contributed by atoms with Crippen LogP contribution in [0.5, 0.6) is 0 Å². The van der Waals surface area contributed by atoms with Crippen LogP contribution < -0.4 is 5.32 Å². The highest BCUT2D eigenvalue weighted by atomic mass is 15.3. The minimum Gasteiger partial charge on any atom is -0.307 e. The number of fused-ring (bicyclic) bond motifs is 1. The molecule has 0 amide bonds. The Kier molecular flexibility index (Phi) is 2.07. The van der Waals surface area contributed by atoms with Gasteiger partial charge in [-0.05, 0) is 26.0 Å². The molecule has 0 bridgehead atoms. The van der Waals surface area contributed by atoms with Crippen LogP contribution in [-0.4, -0.2) is 9.78 Å². The Morgan fingerprint density at radius 1 is 1.12 bits per heavy atom. The zero-order chi connectivity index (χ0) is 11.1. The second kappa shape index (κ2) is 3.46. The number of nitrogens with zero attached hydrogens (tertiary/aromatic N) is 2. The molecule has 1 aromatic heterocycles. The van der Waals surface area contributed by atoms with Crippen molar-refractivity contribution < 1.29 is 0 Å². The molecule has 1 aliphatic rings. The van der Waals surface area contributed by atoms with Crippen molar-refractivity contribution in [2.45, 2.75) is 26.9 Å². The molecule has 3 heteroatoms. The summed E-state index contributed by atoms with van der Waals surface area (Å²) in [5.74, 6) is 0. The first-order valence-corrected chi connectivity index (χ1v) is 5.61. The molecule has 0 unspecified atom stereocenters. The zero-order valence-electron chi connectivity index (χ0n) is 9.62. The number of benzene rings is 1. The molecular weight excluding hydrogens is 198 g/mol. The highest BCUT2D eigenvalue weighted by molar-refractivity contribution is 5.39. The first kappa shape index (κ1) is 9.60. The van der Waals surface area contributed by atoms with E-state index in [0.717, 1.165) is 18.8 Å². The quantitative estimate of drug-likeness (QED) is 0.786. The van der Waals surface area contributed by atoms with E-state index in [1.165, 1.54) is 22.5 Å². The molecule has 1 aromatic carbocycles. The average molecular weight is 213 g/mol. The molecule has 16 heavy (non-hydrogen) atoms. The van der Waals surface area contributed by atoms with Gasteiger partial charge >= 0.3 is 0 Å². The van der Waals surface area contributed by atoms with Crippen molar-refractivity contribution >= 4 is 0 Å². The number of aromatic nitrogens is 2. The van der Waals surface area contributed by atoms with Crippen LogP contribution in [-0.2, 0) is 13.1 Å². The Morgan fingerprint density at radius 2 is 1.88 bits per heavy atom. The zero-order valence-corrected chi connectivity index (χ0v) is 9.62. The summed E-state index contributed by atoms with van der Waals surface area (Å²) in [6.07, 6.45) is 0. The van der Waals surface area contributed by atoms with E-state index in [4.69, 9.17) is 0 Å². The summed E-state index contributed by atoms with van der Waals surface area (Å²) in [6, 6.07) is 8.50. The van der Waals surface area contributed by atoms with Gasteiger partial charge in [0.25, 0.3) is 0 Å². The lowest BCUT2D eigenvalue weighted by Gasteiger charge is -2.06. The first-order chi connectivity index (χ1) is 7.75. The Bertz CT molecular complexity index is 523. The highest BCUT2D eigenvalue weighted by Crippen LogP contribution is 2.21. The Labute approximate surface area is 95.1 Å². The summed E-state index contributed by atoms with van der Waals surface area (Å²) in [4.78, 5) is 0. The Balaban J connectivity index is 2.10. The predicted molar refractivity (Wildman–Crippen MR) is 63.6 cm³/mol. The van der Waals surface area contributed by atoms with E-state index in [9.17, 15) is 0 Å². The second-order valence-corrected chi connectivity index (χ2v) is 4.36. The Hall–Kier alpha value is -1.61. The van der Waals surface area contributed by atoms with E-state index in [0.29, 0.717) is 0 Å². The van der Waals surface area contributed by atoms with Gasteiger partial charge < -0.3 is 5.32 Å². The van der Waals surface area contributed by atoms with Crippen LogP contribution in [0.3, 0.4) is 0 Å². The van der Waals surface area contributed by atoms with E-state index in [1.54, 1.807) is 0 Å². The number of hydrogen-bond donors (Lipinski definition) is 1. The minimum atomic E-state index is 0.898. The van der Waals surface area contributed by atoms with Crippen molar-refractivity contribution in [3.63, 3.8) is 0 Å². The van der Waals surface area contributed by atoms with Crippen molar-refractivity contribution in [1.29, 1.82) is 0 Å². The maximum Gasteiger partial charge on any atom is 0.0814 e. The molecule has 3 rings (SSSR count). The molecular formula is C13H15N3. The fourth-order valence-electron chi connectivity index (χ4n) is 2.21. The molecule has 0 aliphatic carbocycles. The summed E-state index contributed by atoms with van der Waals surface area (Å²) >= 11 is 0. The molecule has 0 spiro atoms. The van der Waals surface area contributed by atoms with Crippen LogP contribution in [0.1, 0.15) is 22.5 Å². The van der Waals surface area contributed by atoms with Gasteiger partial charge in [-0.1, -0.05) is 17.7 Å². The second-order valence-electron chi connectivity index (χ2n) is 4.36. The lowest BCUT2D eigenvalue weighted by Crippen LogP contribution is -2.07.